The van der Waals surface area contributed by atoms with Crippen LogP contribution < -0.4 is 9.64 Å². The molecule has 1 N–H and O–H groups in total. The molecule has 2 aromatic heterocycles. The fraction of sp³-hybridized carbons (Fsp3) is 0.500. The lowest BCUT2D eigenvalue weighted by atomic mass is 10.1. The van der Waals surface area contributed by atoms with E-state index in [0.29, 0.717) is 30.0 Å². The highest BCUT2D eigenvalue weighted by Gasteiger charge is 2.43. The SMILES string of the molecule is Cc1nc(Cl)c(F)c2nc(OCC3(CO)CC3)nc(N3CC=CCC3)c12. The Kier molecular flexibility index (Phi) is 4.44. The van der Waals surface area contributed by atoms with Crippen LogP contribution >= 0.6 is 11.6 Å². The van der Waals surface area contributed by atoms with Gasteiger partial charge in [0, 0.05) is 18.5 Å². The van der Waals surface area contributed by atoms with E-state index in [1.165, 1.54) is 0 Å². The second kappa shape index (κ2) is 6.63. The van der Waals surface area contributed by atoms with Crippen LogP contribution in [0.3, 0.4) is 0 Å². The summed E-state index contributed by atoms with van der Waals surface area (Å²) in [6.07, 6.45) is 6.86. The smallest absolute Gasteiger partial charge is 0.319 e. The first-order valence-corrected chi connectivity index (χ1v) is 9.08. The molecule has 0 spiro atoms. The number of nitrogens with zero attached hydrogens (tertiary/aromatic N) is 4. The third-order valence-corrected chi connectivity index (χ3v) is 5.29. The van der Waals surface area contributed by atoms with Crippen molar-refractivity contribution in [1.29, 1.82) is 0 Å². The molecule has 0 saturated heterocycles. The number of pyridine rings is 1. The molecule has 26 heavy (non-hydrogen) atoms. The molecule has 1 aliphatic carbocycles. The predicted octanol–water partition coefficient (Wildman–Crippen LogP) is 3.04. The van der Waals surface area contributed by atoms with Gasteiger partial charge in [-0.05, 0) is 26.2 Å². The molecule has 0 atom stereocenters. The zero-order chi connectivity index (χ0) is 18.3. The molecule has 138 valence electrons. The molecule has 0 radical (unpaired) electrons. The number of aliphatic hydroxyl groups is 1. The summed E-state index contributed by atoms with van der Waals surface area (Å²) in [6.45, 7) is 3.59. The summed E-state index contributed by atoms with van der Waals surface area (Å²) in [5.41, 5.74) is 0.485. The van der Waals surface area contributed by atoms with Gasteiger partial charge in [0.05, 0.1) is 24.3 Å². The summed E-state index contributed by atoms with van der Waals surface area (Å²) in [5, 5.41) is 9.80. The highest BCUT2D eigenvalue weighted by atomic mass is 35.5. The van der Waals surface area contributed by atoms with Crippen molar-refractivity contribution < 1.29 is 14.2 Å². The largest absolute Gasteiger partial charge is 0.463 e. The van der Waals surface area contributed by atoms with E-state index in [1.54, 1.807) is 6.92 Å². The minimum absolute atomic E-state index is 0.0631. The Morgan fingerprint density at radius 1 is 1.31 bits per heavy atom. The van der Waals surface area contributed by atoms with Crippen LogP contribution in [0.4, 0.5) is 10.2 Å². The van der Waals surface area contributed by atoms with Gasteiger partial charge in [0.2, 0.25) is 0 Å². The highest BCUT2D eigenvalue weighted by molar-refractivity contribution is 6.30. The van der Waals surface area contributed by atoms with Crippen molar-refractivity contribution in [2.75, 3.05) is 31.2 Å². The molecule has 0 unspecified atom stereocenters. The lowest BCUT2D eigenvalue weighted by Gasteiger charge is -2.26. The standard InChI is InChI=1S/C18H20ClFN4O2/c1-11-12-14(13(20)15(19)21-11)22-17(26-10-18(9-25)5-6-18)23-16(12)24-7-3-2-4-8-24/h2-3,25H,4-10H2,1H3. The number of halogens is 2. The van der Waals surface area contributed by atoms with E-state index in [-0.39, 0.29) is 28.7 Å². The predicted molar refractivity (Wildman–Crippen MR) is 97.3 cm³/mol. The number of anilines is 1. The monoisotopic (exact) mass is 378 g/mol. The lowest BCUT2D eigenvalue weighted by molar-refractivity contribution is 0.140. The van der Waals surface area contributed by atoms with Gasteiger partial charge in [-0.1, -0.05) is 23.8 Å². The zero-order valence-corrected chi connectivity index (χ0v) is 15.3. The van der Waals surface area contributed by atoms with E-state index in [0.717, 1.165) is 25.8 Å². The number of fused-ring (bicyclic) bond motifs is 1. The molecular formula is C18H20ClFN4O2. The second-order valence-electron chi connectivity index (χ2n) is 7.01. The van der Waals surface area contributed by atoms with E-state index < -0.39 is 5.82 Å². The van der Waals surface area contributed by atoms with Gasteiger partial charge in [0.1, 0.15) is 11.3 Å². The Morgan fingerprint density at radius 3 is 2.77 bits per heavy atom. The Bertz CT molecular complexity index is 885. The lowest BCUT2D eigenvalue weighted by Crippen LogP contribution is -2.28. The van der Waals surface area contributed by atoms with Crippen LogP contribution in [0.15, 0.2) is 12.2 Å². The molecule has 1 aliphatic heterocycles. The van der Waals surface area contributed by atoms with Crippen LogP contribution in [-0.4, -0.2) is 46.4 Å². The number of hydrogen-bond acceptors (Lipinski definition) is 6. The van der Waals surface area contributed by atoms with Gasteiger partial charge in [0.15, 0.2) is 11.0 Å². The summed E-state index contributed by atoms with van der Waals surface area (Å²) >= 11 is 5.92. The number of aromatic nitrogens is 3. The van der Waals surface area contributed by atoms with E-state index in [1.807, 2.05) is 0 Å². The van der Waals surface area contributed by atoms with Crippen LogP contribution in [0.25, 0.3) is 10.9 Å². The molecule has 3 heterocycles. The number of rotatable bonds is 5. The van der Waals surface area contributed by atoms with Crippen molar-refractivity contribution in [1.82, 2.24) is 15.0 Å². The molecule has 8 heteroatoms. The van der Waals surface area contributed by atoms with Crippen LogP contribution in [0.1, 0.15) is 25.0 Å². The molecule has 0 amide bonds. The summed E-state index contributed by atoms with van der Waals surface area (Å²) in [6, 6.07) is 0.0994. The van der Waals surface area contributed by atoms with Gasteiger partial charge in [-0.3, -0.25) is 0 Å². The first-order valence-electron chi connectivity index (χ1n) is 8.70. The van der Waals surface area contributed by atoms with Gasteiger partial charge in [-0.25, -0.2) is 9.37 Å². The molecule has 2 aliphatic rings. The molecule has 1 fully saturated rings. The summed E-state index contributed by atoms with van der Waals surface area (Å²) in [5.74, 6) is -0.0691. The van der Waals surface area contributed by atoms with E-state index in [4.69, 9.17) is 16.3 Å². The molecule has 0 aromatic carbocycles. The van der Waals surface area contributed by atoms with Crippen molar-refractivity contribution in [2.24, 2.45) is 5.41 Å². The first-order chi connectivity index (χ1) is 12.5. The second-order valence-corrected chi connectivity index (χ2v) is 7.37. The molecular weight excluding hydrogens is 359 g/mol. The van der Waals surface area contributed by atoms with Gasteiger partial charge in [0.25, 0.3) is 0 Å². The summed E-state index contributed by atoms with van der Waals surface area (Å²) in [7, 11) is 0. The minimum Gasteiger partial charge on any atom is -0.463 e. The number of hydrogen-bond donors (Lipinski definition) is 1. The van der Waals surface area contributed by atoms with Crippen LogP contribution in [0, 0.1) is 18.2 Å². The van der Waals surface area contributed by atoms with Gasteiger partial charge >= 0.3 is 6.01 Å². The zero-order valence-electron chi connectivity index (χ0n) is 14.5. The topological polar surface area (TPSA) is 71.4 Å². The Balaban J connectivity index is 1.80. The summed E-state index contributed by atoms with van der Waals surface area (Å²) in [4.78, 5) is 14.9. The van der Waals surface area contributed by atoms with E-state index in [2.05, 4.69) is 32.0 Å². The maximum atomic E-state index is 14.6. The van der Waals surface area contributed by atoms with Crippen molar-refractivity contribution in [3.8, 4) is 6.01 Å². The molecule has 4 rings (SSSR count). The van der Waals surface area contributed by atoms with Crippen LogP contribution in [0.5, 0.6) is 6.01 Å². The fourth-order valence-electron chi connectivity index (χ4n) is 3.14. The van der Waals surface area contributed by atoms with Crippen molar-refractivity contribution >= 4 is 28.3 Å². The van der Waals surface area contributed by atoms with Crippen LogP contribution in [-0.2, 0) is 0 Å². The van der Waals surface area contributed by atoms with E-state index in [9.17, 15) is 9.50 Å². The van der Waals surface area contributed by atoms with Gasteiger partial charge in [-0.2, -0.15) is 9.97 Å². The van der Waals surface area contributed by atoms with Crippen molar-refractivity contribution in [3.63, 3.8) is 0 Å². The first kappa shape index (κ1) is 17.4. The minimum atomic E-state index is -0.670. The summed E-state index contributed by atoms with van der Waals surface area (Å²) < 4.78 is 20.4. The van der Waals surface area contributed by atoms with Gasteiger partial charge < -0.3 is 14.7 Å². The average Bonchev–Trinajstić information content (AvgIpc) is 3.45. The Hall–Kier alpha value is -1.99. The third-order valence-electron chi connectivity index (χ3n) is 5.04. The molecule has 6 nitrogen and oxygen atoms in total. The Labute approximate surface area is 155 Å². The van der Waals surface area contributed by atoms with Crippen molar-refractivity contribution in [2.45, 2.75) is 26.2 Å². The molecule has 1 saturated carbocycles. The highest BCUT2D eigenvalue weighted by Crippen LogP contribution is 2.45. The third kappa shape index (κ3) is 3.10. The van der Waals surface area contributed by atoms with Crippen LogP contribution in [0.2, 0.25) is 5.15 Å². The number of ether oxygens (including phenoxy) is 1. The van der Waals surface area contributed by atoms with Crippen molar-refractivity contribution in [3.05, 3.63) is 28.8 Å². The maximum Gasteiger partial charge on any atom is 0.319 e. The normalized spacial score (nSPS) is 18.4. The quantitative estimate of drug-likeness (QED) is 0.637. The van der Waals surface area contributed by atoms with E-state index >= 15 is 0 Å². The number of aliphatic hydroxyl groups excluding tert-OH is 1. The molecule has 0 bridgehead atoms. The van der Waals surface area contributed by atoms with Gasteiger partial charge in [-0.15, -0.1) is 0 Å². The Morgan fingerprint density at radius 2 is 2.12 bits per heavy atom. The number of aryl methyl sites for hydroxylation is 1. The molecule has 2 aromatic rings. The maximum absolute atomic E-state index is 14.6. The average molecular weight is 379 g/mol. The fourth-order valence-corrected chi connectivity index (χ4v) is 3.36.